The molecule has 0 bridgehead atoms. The van der Waals surface area contributed by atoms with Gasteiger partial charge in [0, 0.05) is 11.6 Å². The summed E-state index contributed by atoms with van der Waals surface area (Å²) in [5.74, 6) is -1.12. The number of anilines is 1. The average Bonchev–Trinajstić information content (AvgIpc) is 2.79. The summed E-state index contributed by atoms with van der Waals surface area (Å²) in [6, 6.07) is 26.0. The van der Waals surface area contributed by atoms with E-state index in [2.05, 4.69) is 11.4 Å². The first-order valence-corrected chi connectivity index (χ1v) is 9.93. The number of carbonyl (C=O) groups excluding carboxylic acids is 1. The molecule has 6 heteroatoms. The topological polar surface area (TPSA) is 75.6 Å². The summed E-state index contributed by atoms with van der Waals surface area (Å²) in [6.07, 6.45) is 0. The fraction of sp³-hybridized carbons (Fsp3) is 0.0400. The molecule has 0 aliphatic rings. The fourth-order valence-corrected chi connectivity index (χ4v) is 3.49. The van der Waals surface area contributed by atoms with Crippen LogP contribution in [0.4, 0.5) is 5.69 Å². The summed E-state index contributed by atoms with van der Waals surface area (Å²) in [6.45, 7) is -0.487. The number of aliphatic carboxylic acids is 1. The smallest absolute Gasteiger partial charge is 0.341 e. The van der Waals surface area contributed by atoms with E-state index in [9.17, 15) is 9.59 Å². The second-order valence-corrected chi connectivity index (χ2v) is 7.30. The van der Waals surface area contributed by atoms with Gasteiger partial charge >= 0.3 is 5.97 Å². The minimum Gasteiger partial charge on any atom is -0.482 e. The summed E-state index contributed by atoms with van der Waals surface area (Å²) in [7, 11) is 0. The zero-order valence-corrected chi connectivity index (χ0v) is 17.1. The predicted molar refractivity (Wildman–Crippen MR) is 122 cm³/mol. The normalized spacial score (nSPS) is 10.6. The number of halogens is 1. The Kier molecular flexibility index (Phi) is 5.87. The average molecular weight is 432 g/mol. The molecule has 0 aliphatic carbocycles. The van der Waals surface area contributed by atoms with Crippen LogP contribution in [0.1, 0.15) is 10.4 Å². The molecule has 0 spiro atoms. The Morgan fingerprint density at radius 2 is 1.61 bits per heavy atom. The van der Waals surface area contributed by atoms with Gasteiger partial charge in [-0.1, -0.05) is 66.2 Å². The number of hydrogen-bond acceptors (Lipinski definition) is 3. The number of amides is 1. The Morgan fingerprint density at radius 3 is 2.39 bits per heavy atom. The minimum atomic E-state index is -1.09. The zero-order chi connectivity index (χ0) is 21.8. The van der Waals surface area contributed by atoms with Gasteiger partial charge in [-0.15, -0.1) is 0 Å². The van der Waals surface area contributed by atoms with Gasteiger partial charge < -0.3 is 15.2 Å². The number of ether oxygens (including phenoxy) is 1. The van der Waals surface area contributed by atoms with Crippen molar-refractivity contribution in [3.8, 4) is 16.9 Å². The number of benzene rings is 4. The molecular weight excluding hydrogens is 414 g/mol. The fourth-order valence-electron chi connectivity index (χ4n) is 3.32. The Bertz CT molecular complexity index is 1270. The summed E-state index contributed by atoms with van der Waals surface area (Å²) in [4.78, 5) is 24.0. The molecule has 0 unspecified atom stereocenters. The van der Waals surface area contributed by atoms with Crippen LogP contribution >= 0.6 is 11.6 Å². The highest BCUT2D eigenvalue weighted by Gasteiger charge is 2.15. The van der Waals surface area contributed by atoms with Gasteiger partial charge in [-0.05, 0) is 46.2 Å². The summed E-state index contributed by atoms with van der Waals surface area (Å²) in [5, 5.41) is 13.7. The Morgan fingerprint density at radius 1 is 0.871 bits per heavy atom. The Labute approximate surface area is 183 Å². The third-order valence-electron chi connectivity index (χ3n) is 4.76. The number of carboxylic acid groups (broad SMARTS) is 1. The molecule has 154 valence electrons. The molecule has 0 saturated carbocycles. The van der Waals surface area contributed by atoms with Gasteiger partial charge in [0.1, 0.15) is 5.75 Å². The van der Waals surface area contributed by atoms with Crippen molar-refractivity contribution in [2.75, 3.05) is 11.9 Å². The zero-order valence-electron chi connectivity index (χ0n) is 16.3. The van der Waals surface area contributed by atoms with E-state index in [0.717, 1.165) is 21.9 Å². The lowest BCUT2D eigenvalue weighted by Crippen LogP contribution is -2.14. The van der Waals surface area contributed by atoms with E-state index < -0.39 is 12.6 Å². The van der Waals surface area contributed by atoms with Crippen molar-refractivity contribution in [2.24, 2.45) is 0 Å². The summed E-state index contributed by atoms with van der Waals surface area (Å²) < 4.78 is 5.19. The number of carbonyl (C=O) groups is 2. The van der Waals surface area contributed by atoms with Gasteiger partial charge in [-0.2, -0.15) is 0 Å². The van der Waals surface area contributed by atoms with E-state index in [1.807, 2.05) is 60.7 Å². The molecule has 0 saturated heterocycles. The number of fused-ring (bicyclic) bond motifs is 1. The SMILES string of the molecule is O=C(O)COc1ccc(Cl)c(NC(=O)c2cc(-c3ccccc3)cc3ccccc23)c1. The molecule has 0 radical (unpaired) electrons. The highest BCUT2D eigenvalue weighted by atomic mass is 35.5. The lowest BCUT2D eigenvalue weighted by molar-refractivity contribution is -0.139. The second kappa shape index (κ2) is 8.90. The molecule has 4 rings (SSSR count). The van der Waals surface area contributed by atoms with Crippen LogP contribution in [-0.2, 0) is 4.79 Å². The molecule has 1 amide bonds. The van der Waals surface area contributed by atoms with Gasteiger partial charge in [0.15, 0.2) is 6.61 Å². The van der Waals surface area contributed by atoms with Crippen molar-refractivity contribution < 1.29 is 19.4 Å². The molecule has 0 heterocycles. The first-order valence-electron chi connectivity index (χ1n) is 9.55. The van der Waals surface area contributed by atoms with Crippen LogP contribution in [0.2, 0.25) is 5.02 Å². The Hall–Kier alpha value is -3.83. The maximum absolute atomic E-state index is 13.2. The van der Waals surface area contributed by atoms with E-state index in [-0.39, 0.29) is 5.91 Å². The number of carboxylic acids is 1. The molecule has 0 atom stereocenters. The van der Waals surface area contributed by atoms with Crippen molar-refractivity contribution >= 4 is 39.9 Å². The van der Waals surface area contributed by atoms with E-state index in [1.165, 1.54) is 6.07 Å². The molecule has 4 aromatic carbocycles. The van der Waals surface area contributed by atoms with Crippen LogP contribution in [0.5, 0.6) is 5.75 Å². The van der Waals surface area contributed by atoms with Crippen molar-refractivity contribution in [1.29, 1.82) is 0 Å². The van der Waals surface area contributed by atoms with E-state index in [1.54, 1.807) is 12.1 Å². The van der Waals surface area contributed by atoms with Crippen LogP contribution in [-0.4, -0.2) is 23.6 Å². The van der Waals surface area contributed by atoms with Crippen molar-refractivity contribution in [3.05, 3.63) is 95.5 Å². The maximum atomic E-state index is 13.2. The second-order valence-electron chi connectivity index (χ2n) is 6.89. The van der Waals surface area contributed by atoms with Crippen molar-refractivity contribution in [2.45, 2.75) is 0 Å². The molecule has 0 aliphatic heterocycles. The first kappa shape index (κ1) is 20.4. The maximum Gasteiger partial charge on any atom is 0.341 e. The molecule has 0 aromatic heterocycles. The summed E-state index contributed by atoms with van der Waals surface area (Å²) >= 11 is 6.25. The summed E-state index contributed by atoms with van der Waals surface area (Å²) in [5.41, 5.74) is 2.77. The van der Waals surface area contributed by atoms with Crippen LogP contribution in [0.15, 0.2) is 84.9 Å². The van der Waals surface area contributed by atoms with Gasteiger partial charge in [-0.3, -0.25) is 4.79 Å². The highest BCUT2D eigenvalue weighted by molar-refractivity contribution is 6.34. The minimum absolute atomic E-state index is 0.296. The lowest BCUT2D eigenvalue weighted by atomic mass is 9.96. The van der Waals surface area contributed by atoms with Gasteiger partial charge in [0.05, 0.1) is 10.7 Å². The van der Waals surface area contributed by atoms with E-state index in [4.69, 9.17) is 21.4 Å². The standard InChI is InChI=1S/C25H18ClNO4/c26-22-11-10-19(31-15-24(28)29)14-23(22)27-25(30)21-13-18(16-6-2-1-3-7-16)12-17-8-4-5-9-20(17)21/h1-14H,15H2,(H,27,30)(H,28,29). The number of hydrogen-bond donors (Lipinski definition) is 2. The molecule has 31 heavy (non-hydrogen) atoms. The molecule has 5 nitrogen and oxygen atoms in total. The Balaban J connectivity index is 1.71. The largest absolute Gasteiger partial charge is 0.482 e. The van der Waals surface area contributed by atoms with Crippen molar-refractivity contribution in [1.82, 2.24) is 0 Å². The number of nitrogens with one attached hydrogen (secondary N) is 1. The molecule has 4 aromatic rings. The first-order chi connectivity index (χ1) is 15.0. The predicted octanol–water partition coefficient (Wildman–Crippen LogP) is 5.88. The molecule has 0 fully saturated rings. The number of rotatable bonds is 6. The third-order valence-corrected chi connectivity index (χ3v) is 5.09. The molecule has 2 N–H and O–H groups in total. The van der Waals surface area contributed by atoms with E-state index in [0.29, 0.717) is 22.0 Å². The van der Waals surface area contributed by atoms with Crippen LogP contribution in [0.3, 0.4) is 0 Å². The van der Waals surface area contributed by atoms with Crippen LogP contribution in [0, 0.1) is 0 Å². The highest BCUT2D eigenvalue weighted by Crippen LogP contribution is 2.31. The van der Waals surface area contributed by atoms with Crippen molar-refractivity contribution in [3.63, 3.8) is 0 Å². The van der Waals surface area contributed by atoms with E-state index >= 15 is 0 Å². The quantitative estimate of drug-likeness (QED) is 0.400. The van der Waals surface area contributed by atoms with Gasteiger partial charge in [-0.25, -0.2) is 4.79 Å². The van der Waals surface area contributed by atoms with Gasteiger partial charge in [0.25, 0.3) is 5.91 Å². The third kappa shape index (κ3) is 4.68. The lowest BCUT2D eigenvalue weighted by Gasteiger charge is -2.13. The van der Waals surface area contributed by atoms with Crippen LogP contribution < -0.4 is 10.1 Å². The van der Waals surface area contributed by atoms with Gasteiger partial charge in [0.2, 0.25) is 0 Å². The van der Waals surface area contributed by atoms with Crippen LogP contribution in [0.25, 0.3) is 21.9 Å². The molecular formula is C25H18ClNO4. The monoisotopic (exact) mass is 431 g/mol.